The number of carbonyl (C=O) groups is 2. The van der Waals surface area contributed by atoms with Crippen LogP contribution in [0.1, 0.15) is 36.0 Å². The van der Waals surface area contributed by atoms with Crippen molar-refractivity contribution in [3.05, 3.63) is 105 Å². The summed E-state index contributed by atoms with van der Waals surface area (Å²) in [6, 6.07) is 15.5. The monoisotopic (exact) mass is 564 g/mol. The highest BCUT2D eigenvalue weighted by atomic mass is 19.1. The van der Waals surface area contributed by atoms with Crippen LogP contribution >= 0.6 is 0 Å². The standard InChI is InChI=1S/C32H25FN4O5/c33-19-7-9-20(10-8-19)36-15-3-6-24(31(36)39)32(40)37-16-17-41-27-18-21(11-12-25(27)37)42-26-13-14-34-29-28(26)22-4-1-2-5-23(22)30(38)35-29/h3,6-15,18,23H,1-2,4-5,16-17H2. The Kier molecular flexibility index (Phi) is 6.38. The lowest BCUT2D eigenvalue weighted by atomic mass is 9.81. The van der Waals surface area contributed by atoms with E-state index >= 15 is 0 Å². The molecular weight excluding hydrogens is 539 g/mol. The number of carbonyl (C=O) groups excluding carboxylic acids is 2. The average Bonchev–Trinajstić information content (AvgIpc) is 3.01. The topological polar surface area (TPSA) is 103 Å². The van der Waals surface area contributed by atoms with Gasteiger partial charge in [0.1, 0.15) is 35.2 Å². The van der Waals surface area contributed by atoms with Crippen molar-refractivity contribution in [2.75, 3.05) is 18.1 Å². The minimum atomic E-state index is -0.507. The molecule has 1 saturated carbocycles. The Balaban J connectivity index is 1.21. The Morgan fingerprint density at radius 2 is 1.90 bits per heavy atom. The molecule has 0 spiro atoms. The highest BCUT2D eigenvalue weighted by Crippen LogP contribution is 2.37. The molecule has 4 aromatic rings. The molecule has 0 N–H and O–H groups in total. The minimum Gasteiger partial charge on any atom is -0.489 e. The molecule has 1 unspecified atom stereocenters. The quantitative estimate of drug-likeness (QED) is 0.375. The largest absolute Gasteiger partial charge is 0.489 e. The molecule has 2 aromatic carbocycles. The summed E-state index contributed by atoms with van der Waals surface area (Å²) >= 11 is 0. The van der Waals surface area contributed by atoms with Crippen molar-refractivity contribution in [1.82, 2.24) is 9.55 Å². The second-order valence-corrected chi connectivity index (χ2v) is 10.4. The minimum absolute atomic E-state index is 0.0178. The summed E-state index contributed by atoms with van der Waals surface area (Å²) in [6.07, 6.45) is 6.67. The molecule has 1 atom stereocenters. The normalized spacial score (nSPS) is 17.4. The van der Waals surface area contributed by atoms with E-state index in [1.807, 2.05) is 0 Å². The number of aromatic nitrogens is 2. The molecule has 210 valence electrons. The van der Waals surface area contributed by atoms with Crippen LogP contribution in [0.15, 0.2) is 82.8 Å². The van der Waals surface area contributed by atoms with Crippen molar-refractivity contribution in [3.8, 4) is 22.9 Å². The van der Waals surface area contributed by atoms with Crippen molar-refractivity contribution in [3.63, 3.8) is 0 Å². The number of benzene rings is 2. The van der Waals surface area contributed by atoms with E-state index in [2.05, 4.69) is 9.98 Å². The first-order valence-corrected chi connectivity index (χ1v) is 13.8. The van der Waals surface area contributed by atoms with Crippen molar-refractivity contribution in [1.29, 1.82) is 0 Å². The van der Waals surface area contributed by atoms with Crippen LogP contribution < -0.4 is 30.6 Å². The number of pyridine rings is 2. The van der Waals surface area contributed by atoms with Crippen LogP contribution in [0.5, 0.6) is 17.2 Å². The lowest BCUT2D eigenvalue weighted by molar-refractivity contribution is -0.120. The number of ether oxygens (including phenoxy) is 2. The Morgan fingerprint density at radius 3 is 2.76 bits per heavy atom. The molecule has 0 radical (unpaired) electrons. The first-order chi connectivity index (χ1) is 20.5. The van der Waals surface area contributed by atoms with Crippen LogP contribution in [0, 0.1) is 11.7 Å². The van der Waals surface area contributed by atoms with E-state index in [4.69, 9.17) is 9.47 Å². The fourth-order valence-electron chi connectivity index (χ4n) is 5.88. The van der Waals surface area contributed by atoms with Gasteiger partial charge in [-0.2, -0.15) is 4.99 Å². The third kappa shape index (κ3) is 4.45. The first-order valence-electron chi connectivity index (χ1n) is 13.8. The van der Waals surface area contributed by atoms with Gasteiger partial charge in [0, 0.05) is 24.1 Å². The van der Waals surface area contributed by atoms with Crippen molar-refractivity contribution < 1.29 is 23.5 Å². The molecule has 1 fully saturated rings. The Morgan fingerprint density at radius 1 is 1.05 bits per heavy atom. The molecule has 0 bridgehead atoms. The number of hydrogen-bond acceptors (Lipinski definition) is 6. The Labute approximate surface area is 239 Å². The third-order valence-corrected chi connectivity index (χ3v) is 7.89. The number of halogens is 1. The van der Waals surface area contributed by atoms with Crippen LogP contribution in [0.2, 0.25) is 0 Å². The summed E-state index contributed by atoms with van der Waals surface area (Å²) in [6.45, 7) is 0.483. The summed E-state index contributed by atoms with van der Waals surface area (Å²) in [5.74, 6) is 0.230. The summed E-state index contributed by atoms with van der Waals surface area (Å²) in [5.41, 5.74) is 1.84. The predicted octanol–water partition coefficient (Wildman–Crippen LogP) is 3.70. The summed E-state index contributed by atoms with van der Waals surface area (Å²) in [4.78, 5) is 49.6. The molecule has 9 nitrogen and oxygen atoms in total. The smallest absolute Gasteiger partial charge is 0.267 e. The number of nitrogens with zero attached hydrogens (tertiary/aromatic N) is 4. The van der Waals surface area contributed by atoms with Gasteiger partial charge in [0.05, 0.1) is 23.4 Å². The van der Waals surface area contributed by atoms with Gasteiger partial charge in [0.15, 0.2) is 5.49 Å². The maximum Gasteiger partial charge on any atom is 0.267 e. The van der Waals surface area contributed by atoms with Crippen molar-refractivity contribution >= 4 is 23.1 Å². The molecule has 2 aromatic heterocycles. The molecule has 7 rings (SSSR count). The summed E-state index contributed by atoms with van der Waals surface area (Å²) < 4.78 is 26.9. The average molecular weight is 565 g/mol. The number of fused-ring (bicyclic) bond motifs is 3. The molecule has 4 heterocycles. The summed E-state index contributed by atoms with van der Waals surface area (Å²) in [5, 5.41) is 0.777. The van der Waals surface area contributed by atoms with E-state index in [9.17, 15) is 18.8 Å². The van der Waals surface area contributed by atoms with Gasteiger partial charge in [-0.25, -0.2) is 9.37 Å². The first kappa shape index (κ1) is 25.8. The number of hydrogen-bond donors (Lipinski definition) is 0. The third-order valence-electron chi connectivity index (χ3n) is 7.89. The van der Waals surface area contributed by atoms with Gasteiger partial charge in [-0.15, -0.1) is 0 Å². The molecule has 3 aliphatic rings. The second-order valence-electron chi connectivity index (χ2n) is 10.4. The van der Waals surface area contributed by atoms with Crippen LogP contribution in [0.4, 0.5) is 10.1 Å². The fraction of sp³-hybridized carbons (Fsp3) is 0.219. The van der Waals surface area contributed by atoms with E-state index in [1.54, 1.807) is 36.5 Å². The number of amides is 2. The van der Waals surface area contributed by atoms with Crippen molar-refractivity contribution in [2.24, 2.45) is 10.9 Å². The maximum atomic E-state index is 13.6. The lowest BCUT2D eigenvalue weighted by Crippen LogP contribution is -2.41. The van der Waals surface area contributed by atoms with E-state index in [-0.39, 0.29) is 30.5 Å². The number of rotatable bonds is 4. The van der Waals surface area contributed by atoms with E-state index in [0.717, 1.165) is 36.5 Å². The van der Waals surface area contributed by atoms with E-state index in [1.165, 1.54) is 46.0 Å². The Hall–Kier alpha value is -5.12. The molecule has 10 heteroatoms. The van der Waals surface area contributed by atoms with Gasteiger partial charge in [-0.3, -0.25) is 19.0 Å². The zero-order chi connectivity index (χ0) is 28.8. The zero-order valence-corrected chi connectivity index (χ0v) is 22.5. The van der Waals surface area contributed by atoms with Gasteiger partial charge in [-0.05, 0) is 79.4 Å². The zero-order valence-electron chi connectivity index (χ0n) is 22.5. The number of anilines is 1. The van der Waals surface area contributed by atoms with E-state index in [0.29, 0.717) is 34.1 Å². The van der Waals surface area contributed by atoms with Crippen LogP contribution in [-0.4, -0.2) is 34.5 Å². The predicted molar refractivity (Wildman–Crippen MR) is 151 cm³/mol. The van der Waals surface area contributed by atoms with Crippen LogP contribution in [0.25, 0.3) is 11.3 Å². The van der Waals surface area contributed by atoms with Gasteiger partial charge in [0.2, 0.25) is 0 Å². The summed E-state index contributed by atoms with van der Waals surface area (Å²) in [7, 11) is 0. The molecule has 2 amide bonds. The second kappa shape index (κ2) is 10.4. The van der Waals surface area contributed by atoms with Gasteiger partial charge in [-0.1, -0.05) is 6.42 Å². The fourth-order valence-corrected chi connectivity index (χ4v) is 5.88. The van der Waals surface area contributed by atoms with Crippen LogP contribution in [-0.2, 0) is 4.79 Å². The van der Waals surface area contributed by atoms with Gasteiger partial charge >= 0.3 is 0 Å². The molecule has 0 saturated heterocycles. The molecule has 42 heavy (non-hydrogen) atoms. The highest BCUT2D eigenvalue weighted by Gasteiger charge is 2.31. The van der Waals surface area contributed by atoms with Crippen molar-refractivity contribution in [2.45, 2.75) is 25.7 Å². The van der Waals surface area contributed by atoms with Crippen LogP contribution in [0.3, 0.4) is 0 Å². The molecular formula is C32H25FN4O5. The SMILES string of the molecule is O=C1N=c2nccc(Oc3ccc4c(c3)OCCN4C(=O)c3cccn(-c4ccc(F)cc4)c3=O)c2=C2CCCCC12. The van der Waals surface area contributed by atoms with Gasteiger partial charge < -0.3 is 14.4 Å². The Bertz CT molecular complexity index is 1940. The highest BCUT2D eigenvalue weighted by molar-refractivity contribution is 6.07. The van der Waals surface area contributed by atoms with E-state index < -0.39 is 17.3 Å². The maximum absolute atomic E-state index is 13.6. The molecule has 2 aliphatic heterocycles. The van der Waals surface area contributed by atoms with Gasteiger partial charge in [0.25, 0.3) is 17.4 Å². The molecule has 1 aliphatic carbocycles. The lowest BCUT2D eigenvalue weighted by Gasteiger charge is -2.30.